The van der Waals surface area contributed by atoms with Gasteiger partial charge in [-0.15, -0.1) is 0 Å². The number of ether oxygens (including phenoxy) is 1. The van der Waals surface area contributed by atoms with Crippen molar-refractivity contribution in [3.05, 3.63) is 69.9 Å². The zero-order chi connectivity index (χ0) is 21.5. The smallest absolute Gasteiger partial charge is 0.357 e. The summed E-state index contributed by atoms with van der Waals surface area (Å²) in [5.74, 6) is -1.52. The van der Waals surface area contributed by atoms with Gasteiger partial charge in [0.25, 0.3) is 0 Å². The van der Waals surface area contributed by atoms with Gasteiger partial charge in [0.1, 0.15) is 17.0 Å². The van der Waals surface area contributed by atoms with Crippen LogP contribution in [0.1, 0.15) is 52.9 Å². The molecule has 0 bridgehead atoms. The third-order valence-electron chi connectivity index (χ3n) is 3.18. The summed E-state index contributed by atoms with van der Waals surface area (Å²) in [6.45, 7) is 22.2. The number of esters is 1. The number of pyridine rings is 2. The second-order valence-electron chi connectivity index (χ2n) is 6.75. The number of carbonyl (C=O) groups excluding carboxylic acids is 1. The van der Waals surface area contributed by atoms with Gasteiger partial charge < -0.3 is 9.84 Å². The summed E-state index contributed by atoms with van der Waals surface area (Å²) in [5.41, 5.74) is 1.68. The van der Waals surface area contributed by atoms with Crippen molar-refractivity contribution in [1.82, 2.24) is 9.97 Å². The van der Waals surface area contributed by atoms with E-state index in [9.17, 15) is 9.59 Å². The van der Waals surface area contributed by atoms with Crippen LogP contribution in [0.3, 0.4) is 0 Å². The minimum Gasteiger partial charge on any atom is -0.477 e. The van der Waals surface area contributed by atoms with Crippen molar-refractivity contribution in [3.8, 4) is 0 Å². The first-order chi connectivity index (χ1) is 13.0. The Hall–Kier alpha value is -3.78. The highest BCUT2D eigenvalue weighted by atomic mass is 16.6. The molecule has 8 nitrogen and oxygen atoms in total. The summed E-state index contributed by atoms with van der Waals surface area (Å²) in [4.78, 5) is 36.1. The number of hydrogen-bond donors (Lipinski definition) is 1. The van der Waals surface area contributed by atoms with Crippen LogP contribution < -0.4 is 0 Å². The fourth-order valence-electron chi connectivity index (χ4n) is 2.01. The van der Waals surface area contributed by atoms with Gasteiger partial charge in [-0.05, 0) is 57.9 Å². The highest BCUT2D eigenvalue weighted by Crippen LogP contribution is 2.18. The molecular weight excluding hydrogens is 360 g/mol. The molecule has 0 aromatic carbocycles. The van der Waals surface area contributed by atoms with Crippen LogP contribution in [0.2, 0.25) is 0 Å². The number of aromatic carboxylic acids is 1. The first-order valence-corrected chi connectivity index (χ1v) is 8.13. The molecule has 28 heavy (non-hydrogen) atoms. The molecule has 0 fully saturated rings. The van der Waals surface area contributed by atoms with E-state index in [1.54, 1.807) is 40.7 Å². The predicted molar refractivity (Wildman–Crippen MR) is 103 cm³/mol. The molecule has 2 aromatic rings. The molecule has 0 unspecified atom stereocenters. The molecule has 0 radical (unpaired) electrons. The molecule has 2 rings (SSSR count). The third-order valence-corrected chi connectivity index (χ3v) is 3.18. The largest absolute Gasteiger partial charge is 0.477 e. The number of aryl methyl sites for hydroxylation is 2. The number of carbonyl (C=O) groups is 2. The van der Waals surface area contributed by atoms with E-state index in [2.05, 4.69) is 19.7 Å². The molecule has 0 amide bonds. The lowest BCUT2D eigenvalue weighted by atomic mass is 10.1. The van der Waals surface area contributed by atoms with Crippen molar-refractivity contribution in [2.45, 2.75) is 40.2 Å². The number of hydrogen-bond acceptors (Lipinski definition) is 5. The molecule has 0 aliphatic heterocycles. The lowest BCUT2D eigenvalue weighted by molar-refractivity contribution is 0.00618. The molecule has 2 heterocycles. The van der Waals surface area contributed by atoms with Crippen molar-refractivity contribution in [1.29, 1.82) is 0 Å². The monoisotopic (exact) mass is 380 g/mol. The number of carboxylic acid groups (broad SMARTS) is 1. The van der Waals surface area contributed by atoms with Crippen molar-refractivity contribution < 1.29 is 19.4 Å². The number of aromatic nitrogens is 2. The Morgan fingerprint density at radius 2 is 1.39 bits per heavy atom. The summed E-state index contributed by atoms with van der Waals surface area (Å²) >= 11 is 0. The minimum absolute atomic E-state index is 0.00222. The molecule has 0 saturated carbocycles. The second kappa shape index (κ2) is 9.24. The van der Waals surface area contributed by atoms with Crippen LogP contribution >= 0.6 is 0 Å². The van der Waals surface area contributed by atoms with E-state index in [1.807, 2.05) is 0 Å². The van der Waals surface area contributed by atoms with E-state index in [0.29, 0.717) is 22.5 Å². The fourth-order valence-corrected chi connectivity index (χ4v) is 2.01. The fraction of sp³-hybridized carbons (Fsp3) is 0.300. The van der Waals surface area contributed by atoms with Gasteiger partial charge in [-0.3, -0.25) is 9.97 Å². The maximum absolute atomic E-state index is 11.7. The Kier molecular flexibility index (Phi) is 7.35. The lowest BCUT2D eigenvalue weighted by Gasteiger charge is -2.19. The van der Waals surface area contributed by atoms with Gasteiger partial charge in [-0.2, -0.15) is 0 Å². The Bertz CT molecular complexity index is 979. The van der Waals surface area contributed by atoms with E-state index >= 15 is 0 Å². The molecule has 0 aliphatic carbocycles. The van der Waals surface area contributed by atoms with Crippen molar-refractivity contribution >= 4 is 23.3 Å². The van der Waals surface area contributed by atoms with E-state index < -0.39 is 17.5 Å². The van der Waals surface area contributed by atoms with Crippen molar-refractivity contribution in [2.24, 2.45) is 0 Å². The zero-order valence-electron chi connectivity index (χ0n) is 16.3. The van der Waals surface area contributed by atoms with Crippen LogP contribution in [0.4, 0.5) is 11.4 Å². The average molecular weight is 380 g/mol. The third kappa shape index (κ3) is 6.50. The molecule has 1 N–H and O–H groups in total. The van der Waals surface area contributed by atoms with Gasteiger partial charge >= 0.3 is 11.9 Å². The van der Waals surface area contributed by atoms with E-state index in [-0.39, 0.29) is 11.4 Å². The molecular formula is C20H20N4O4. The highest BCUT2D eigenvalue weighted by Gasteiger charge is 2.20. The molecule has 0 spiro atoms. The van der Waals surface area contributed by atoms with Gasteiger partial charge in [-0.25, -0.2) is 19.3 Å². The summed E-state index contributed by atoms with van der Waals surface area (Å²) in [5, 5.41) is 8.59. The molecule has 2 aromatic heterocycles. The number of nitrogens with zero attached hydrogens (tertiary/aromatic N) is 4. The van der Waals surface area contributed by atoms with Crippen LogP contribution in [-0.4, -0.2) is 32.6 Å². The van der Waals surface area contributed by atoms with Crippen LogP contribution in [0, 0.1) is 27.0 Å². The van der Waals surface area contributed by atoms with Crippen LogP contribution in [0.15, 0.2) is 24.5 Å². The average Bonchev–Trinajstić information content (AvgIpc) is 2.60. The number of rotatable bonds is 2. The zero-order valence-corrected chi connectivity index (χ0v) is 16.3. The first kappa shape index (κ1) is 22.3. The van der Waals surface area contributed by atoms with Crippen LogP contribution in [0.5, 0.6) is 0 Å². The summed E-state index contributed by atoms with van der Waals surface area (Å²) in [6.07, 6.45) is 2.63. The van der Waals surface area contributed by atoms with Gasteiger partial charge in [-0.1, -0.05) is 0 Å². The molecule has 0 saturated heterocycles. The van der Waals surface area contributed by atoms with E-state index in [4.69, 9.17) is 23.0 Å². The minimum atomic E-state index is -1.07. The van der Waals surface area contributed by atoms with Crippen LogP contribution in [0.25, 0.3) is 9.69 Å². The second-order valence-corrected chi connectivity index (χ2v) is 6.75. The van der Waals surface area contributed by atoms with Crippen LogP contribution in [-0.2, 0) is 4.74 Å². The quantitative estimate of drug-likeness (QED) is 0.607. The molecule has 0 atom stereocenters. The molecule has 0 aliphatic rings. The van der Waals surface area contributed by atoms with Gasteiger partial charge in [0.05, 0.1) is 13.1 Å². The van der Waals surface area contributed by atoms with Crippen molar-refractivity contribution in [3.63, 3.8) is 0 Å². The Morgan fingerprint density at radius 3 is 1.71 bits per heavy atom. The van der Waals surface area contributed by atoms with Gasteiger partial charge in [0.15, 0.2) is 0 Å². The normalized spacial score (nSPS) is 9.96. The van der Waals surface area contributed by atoms with Gasteiger partial charge in [0, 0.05) is 12.4 Å². The summed E-state index contributed by atoms with van der Waals surface area (Å²) < 4.78 is 5.20. The topological polar surface area (TPSA) is 98.1 Å². The lowest BCUT2D eigenvalue weighted by Crippen LogP contribution is -2.24. The standard InChI is InChI=1S/C12H14N2O2.C8H6N2O2/c1-8-6-9(13-5)7-14-10(8)11(15)16-12(2,3)4;1-5-3-6(9-2)4-10-7(5)8(11)12/h6-7H,1-4H3;3-4H,1H3,(H,11,12). The predicted octanol–water partition coefficient (Wildman–Crippen LogP) is 4.54. The maximum atomic E-state index is 11.7. The molecule has 8 heteroatoms. The molecule has 144 valence electrons. The van der Waals surface area contributed by atoms with Gasteiger partial charge in [0.2, 0.25) is 11.4 Å². The Labute approximate surface area is 163 Å². The van der Waals surface area contributed by atoms with E-state index in [0.717, 1.165) is 0 Å². The SMILES string of the molecule is [C-]#[N+]c1cnc(C(=O)O)c(C)c1.[C-]#[N+]c1cnc(C(=O)OC(C)(C)C)c(C)c1. The first-order valence-electron chi connectivity index (χ1n) is 8.13. The summed E-state index contributed by atoms with van der Waals surface area (Å²) in [6, 6.07) is 3.13. The Balaban J connectivity index is 0.000000292. The maximum Gasteiger partial charge on any atom is 0.357 e. The summed E-state index contributed by atoms with van der Waals surface area (Å²) in [7, 11) is 0. The number of carboxylic acids is 1. The Morgan fingerprint density at radius 1 is 0.964 bits per heavy atom. The van der Waals surface area contributed by atoms with Crippen molar-refractivity contribution in [2.75, 3.05) is 0 Å². The highest BCUT2D eigenvalue weighted by molar-refractivity contribution is 5.89. The van der Waals surface area contributed by atoms with E-state index in [1.165, 1.54) is 18.5 Å².